The first-order chi connectivity index (χ1) is 9.22. The lowest BCUT2D eigenvalue weighted by Gasteiger charge is -2.32. The van der Waals surface area contributed by atoms with Crippen LogP contribution in [-0.4, -0.2) is 36.5 Å². The lowest BCUT2D eigenvalue weighted by Crippen LogP contribution is -2.40. The van der Waals surface area contributed by atoms with E-state index in [1.807, 2.05) is 0 Å². The highest BCUT2D eigenvalue weighted by Gasteiger charge is 2.28. The van der Waals surface area contributed by atoms with Crippen LogP contribution in [0.5, 0.6) is 0 Å². The number of halogens is 1. The fourth-order valence-corrected chi connectivity index (χ4v) is 3.83. The van der Waals surface area contributed by atoms with Crippen LogP contribution < -0.4 is 5.32 Å². The quantitative estimate of drug-likeness (QED) is 0.845. The number of hydrogen-bond acceptors (Lipinski definition) is 2. The largest absolute Gasteiger partial charge is 0.340 e. The monoisotopic (exact) mass is 302 g/mol. The molecule has 2 rings (SSSR count). The molecule has 1 saturated carbocycles. The Bertz CT molecular complexity index is 286. The summed E-state index contributed by atoms with van der Waals surface area (Å²) in [5.41, 5.74) is 0. The number of amides is 1. The molecule has 0 aromatic heterocycles. The molecule has 1 aliphatic heterocycles. The molecule has 118 valence electrons. The minimum absolute atomic E-state index is 0. The predicted octanol–water partition coefficient (Wildman–Crippen LogP) is 3.23. The Morgan fingerprint density at radius 1 is 1.20 bits per heavy atom. The first-order valence-electron chi connectivity index (χ1n) is 8.22. The zero-order chi connectivity index (χ0) is 13.7. The van der Waals surface area contributed by atoms with E-state index in [4.69, 9.17) is 0 Å². The predicted molar refractivity (Wildman–Crippen MR) is 86.3 cm³/mol. The SMILES string of the molecule is CCN(C(=O)CC(C)C1CCNCC1)C1CCCC1.Cl. The van der Waals surface area contributed by atoms with Crippen LogP contribution >= 0.6 is 12.4 Å². The second-order valence-electron chi connectivity index (χ2n) is 6.39. The number of carbonyl (C=O) groups is 1. The number of piperidine rings is 1. The highest BCUT2D eigenvalue weighted by molar-refractivity contribution is 5.85. The van der Waals surface area contributed by atoms with Gasteiger partial charge in [0.1, 0.15) is 0 Å². The van der Waals surface area contributed by atoms with Crippen molar-refractivity contribution in [3.63, 3.8) is 0 Å². The summed E-state index contributed by atoms with van der Waals surface area (Å²) < 4.78 is 0. The van der Waals surface area contributed by atoms with Gasteiger partial charge >= 0.3 is 0 Å². The summed E-state index contributed by atoms with van der Waals surface area (Å²) in [6.45, 7) is 7.55. The van der Waals surface area contributed by atoms with E-state index in [2.05, 4.69) is 24.1 Å². The fraction of sp³-hybridized carbons (Fsp3) is 0.938. The van der Waals surface area contributed by atoms with Gasteiger partial charge in [0.25, 0.3) is 0 Å². The second kappa shape index (κ2) is 8.89. The molecule has 1 N–H and O–H groups in total. The zero-order valence-electron chi connectivity index (χ0n) is 13.1. The van der Waals surface area contributed by atoms with Gasteiger partial charge in [-0.15, -0.1) is 12.4 Å². The van der Waals surface area contributed by atoms with Gasteiger partial charge in [-0.1, -0.05) is 19.8 Å². The molecule has 1 saturated heterocycles. The van der Waals surface area contributed by atoms with Gasteiger partial charge in [-0.3, -0.25) is 4.79 Å². The average Bonchev–Trinajstić information content (AvgIpc) is 2.94. The third-order valence-electron chi connectivity index (χ3n) is 5.11. The highest BCUT2D eigenvalue weighted by atomic mass is 35.5. The third kappa shape index (κ3) is 4.63. The first-order valence-corrected chi connectivity index (χ1v) is 8.22. The lowest BCUT2D eigenvalue weighted by atomic mass is 9.84. The summed E-state index contributed by atoms with van der Waals surface area (Å²) in [7, 11) is 0. The van der Waals surface area contributed by atoms with Gasteiger partial charge in [0.05, 0.1) is 0 Å². The first kappa shape index (κ1) is 17.8. The van der Waals surface area contributed by atoms with Crippen LogP contribution in [0.2, 0.25) is 0 Å². The maximum atomic E-state index is 12.5. The van der Waals surface area contributed by atoms with Crippen LogP contribution in [0.3, 0.4) is 0 Å². The smallest absolute Gasteiger partial charge is 0.223 e. The van der Waals surface area contributed by atoms with Gasteiger partial charge in [-0.2, -0.15) is 0 Å². The van der Waals surface area contributed by atoms with E-state index in [9.17, 15) is 4.79 Å². The molecule has 1 aliphatic carbocycles. The van der Waals surface area contributed by atoms with Crippen LogP contribution in [0, 0.1) is 11.8 Å². The normalized spacial score (nSPS) is 22.3. The van der Waals surface area contributed by atoms with E-state index in [0.717, 1.165) is 32.0 Å². The topological polar surface area (TPSA) is 32.3 Å². The highest BCUT2D eigenvalue weighted by Crippen LogP contribution is 2.28. The fourth-order valence-electron chi connectivity index (χ4n) is 3.83. The van der Waals surface area contributed by atoms with E-state index in [1.165, 1.54) is 38.5 Å². The minimum Gasteiger partial charge on any atom is -0.340 e. The average molecular weight is 303 g/mol. The minimum atomic E-state index is 0. The van der Waals surface area contributed by atoms with Crippen molar-refractivity contribution in [1.82, 2.24) is 10.2 Å². The van der Waals surface area contributed by atoms with Crippen molar-refractivity contribution in [2.75, 3.05) is 19.6 Å². The molecular weight excluding hydrogens is 272 g/mol. The number of hydrogen-bond donors (Lipinski definition) is 1. The summed E-state index contributed by atoms with van der Waals surface area (Å²) >= 11 is 0. The van der Waals surface area contributed by atoms with Gasteiger partial charge < -0.3 is 10.2 Å². The van der Waals surface area contributed by atoms with Crippen LogP contribution in [0.15, 0.2) is 0 Å². The van der Waals surface area contributed by atoms with Gasteiger partial charge in [0, 0.05) is 19.0 Å². The molecule has 2 fully saturated rings. The summed E-state index contributed by atoms with van der Waals surface area (Å²) in [5.74, 6) is 1.69. The molecule has 0 bridgehead atoms. The van der Waals surface area contributed by atoms with Crippen LogP contribution in [-0.2, 0) is 4.79 Å². The molecule has 0 radical (unpaired) electrons. The molecule has 1 unspecified atom stereocenters. The molecule has 4 heteroatoms. The van der Waals surface area contributed by atoms with Crippen molar-refractivity contribution in [2.45, 2.75) is 64.8 Å². The van der Waals surface area contributed by atoms with Crippen molar-refractivity contribution < 1.29 is 4.79 Å². The number of nitrogens with one attached hydrogen (secondary N) is 1. The molecular formula is C16H31ClN2O. The third-order valence-corrected chi connectivity index (χ3v) is 5.11. The molecule has 1 amide bonds. The Morgan fingerprint density at radius 3 is 2.35 bits per heavy atom. The summed E-state index contributed by atoms with van der Waals surface area (Å²) in [6.07, 6.45) is 8.29. The van der Waals surface area contributed by atoms with Crippen molar-refractivity contribution in [3.05, 3.63) is 0 Å². The van der Waals surface area contributed by atoms with Crippen LogP contribution in [0.4, 0.5) is 0 Å². The molecule has 0 aromatic rings. The Morgan fingerprint density at radius 2 is 1.80 bits per heavy atom. The van der Waals surface area contributed by atoms with E-state index >= 15 is 0 Å². The summed E-state index contributed by atoms with van der Waals surface area (Å²) in [5, 5.41) is 3.41. The molecule has 1 atom stereocenters. The Labute approximate surface area is 130 Å². The van der Waals surface area contributed by atoms with Gasteiger partial charge in [-0.05, 0) is 57.5 Å². The van der Waals surface area contributed by atoms with E-state index in [-0.39, 0.29) is 12.4 Å². The molecule has 20 heavy (non-hydrogen) atoms. The van der Waals surface area contributed by atoms with Gasteiger partial charge in [0.2, 0.25) is 5.91 Å². The van der Waals surface area contributed by atoms with Crippen molar-refractivity contribution >= 4 is 18.3 Å². The zero-order valence-corrected chi connectivity index (χ0v) is 13.9. The molecule has 0 aromatic carbocycles. The standard InChI is InChI=1S/C16H30N2O.ClH/c1-3-18(15-6-4-5-7-15)16(19)12-13(2)14-8-10-17-11-9-14;/h13-15,17H,3-12H2,1-2H3;1H. The van der Waals surface area contributed by atoms with Gasteiger partial charge in [0.15, 0.2) is 0 Å². The Balaban J connectivity index is 0.00000200. The maximum absolute atomic E-state index is 12.5. The number of nitrogens with zero attached hydrogens (tertiary/aromatic N) is 1. The molecule has 0 spiro atoms. The number of carbonyl (C=O) groups excluding carboxylic acids is 1. The van der Waals surface area contributed by atoms with Crippen molar-refractivity contribution in [3.8, 4) is 0 Å². The van der Waals surface area contributed by atoms with Crippen molar-refractivity contribution in [1.29, 1.82) is 0 Å². The molecule has 2 aliphatic rings. The maximum Gasteiger partial charge on any atom is 0.223 e. The van der Waals surface area contributed by atoms with Gasteiger partial charge in [-0.25, -0.2) is 0 Å². The lowest BCUT2D eigenvalue weighted by molar-refractivity contribution is -0.134. The second-order valence-corrected chi connectivity index (χ2v) is 6.39. The summed E-state index contributed by atoms with van der Waals surface area (Å²) in [4.78, 5) is 14.7. The molecule has 3 nitrogen and oxygen atoms in total. The van der Waals surface area contributed by atoms with Crippen LogP contribution in [0.25, 0.3) is 0 Å². The van der Waals surface area contributed by atoms with E-state index < -0.39 is 0 Å². The number of rotatable bonds is 5. The Kier molecular flexibility index (Phi) is 7.90. The summed E-state index contributed by atoms with van der Waals surface area (Å²) in [6, 6.07) is 0.540. The van der Waals surface area contributed by atoms with E-state index in [0.29, 0.717) is 17.9 Å². The van der Waals surface area contributed by atoms with Crippen molar-refractivity contribution in [2.24, 2.45) is 11.8 Å². The van der Waals surface area contributed by atoms with Crippen LogP contribution in [0.1, 0.15) is 58.8 Å². The Hall–Kier alpha value is -0.280. The van der Waals surface area contributed by atoms with E-state index in [1.54, 1.807) is 0 Å². The molecule has 1 heterocycles.